The highest BCUT2D eigenvalue weighted by Gasteiger charge is 2.35. The van der Waals surface area contributed by atoms with Gasteiger partial charge in [0.1, 0.15) is 0 Å². The number of fused-ring (bicyclic) bond motifs is 4. The van der Waals surface area contributed by atoms with Crippen LogP contribution in [0.25, 0.3) is 0 Å². The molecule has 3 rings (SSSR count). The maximum atomic E-state index is 11.5. The fourth-order valence-electron chi connectivity index (χ4n) is 2.62. The zero-order valence-corrected chi connectivity index (χ0v) is 10.0. The summed E-state index contributed by atoms with van der Waals surface area (Å²) in [5, 5.41) is 0. The Hall–Kier alpha value is -1.78. The Morgan fingerprint density at radius 3 is 3.12 bits per heavy atom. The van der Waals surface area contributed by atoms with E-state index in [1.165, 1.54) is 7.11 Å². The first kappa shape index (κ1) is 10.4. The Bertz CT molecular complexity index is 475. The number of aromatic nitrogens is 1. The molecule has 0 amide bonds. The fourth-order valence-corrected chi connectivity index (χ4v) is 2.62. The minimum atomic E-state index is -0.380. The van der Waals surface area contributed by atoms with Gasteiger partial charge in [-0.15, -0.1) is 0 Å². The third kappa shape index (κ3) is 1.45. The second-order valence-electron chi connectivity index (χ2n) is 4.53. The van der Waals surface area contributed by atoms with Gasteiger partial charge in [0.25, 0.3) is 0 Å². The molecule has 1 unspecified atom stereocenters. The largest absolute Gasteiger partial charge is 0.464 e. The van der Waals surface area contributed by atoms with Crippen LogP contribution in [0.1, 0.15) is 16.9 Å². The summed E-state index contributed by atoms with van der Waals surface area (Å²) in [6.07, 6.45) is 1.15. The van der Waals surface area contributed by atoms with E-state index in [2.05, 4.69) is 14.8 Å². The van der Waals surface area contributed by atoms with Crippen LogP contribution in [0.3, 0.4) is 0 Å². The van der Waals surface area contributed by atoms with Gasteiger partial charge < -0.3 is 14.5 Å². The Morgan fingerprint density at radius 2 is 2.35 bits per heavy atom. The van der Waals surface area contributed by atoms with Gasteiger partial charge in [0, 0.05) is 26.2 Å². The van der Waals surface area contributed by atoms with Gasteiger partial charge in [0.05, 0.1) is 12.8 Å². The molecule has 1 saturated heterocycles. The fraction of sp³-hybridized carbons (Fsp3) is 0.500. The molecule has 1 atom stereocenters. The lowest BCUT2D eigenvalue weighted by atomic mass is 10.2. The molecule has 5 heteroatoms. The second-order valence-corrected chi connectivity index (χ2v) is 4.53. The number of hydrogen-bond donors (Lipinski definition) is 0. The van der Waals surface area contributed by atoms with Crippen molar-refractivity contribution in [2.24, 2.45) is 0 Å². The Kier molecular flexibility index (Phi) is 2.21. The molecule has 0 radical (unpaired) electrons. The minimum absolute atomic E-state index is 0.376. The van der Waals surface area contributed by atoms with Crippen LogP contribution >= 0.6 is 0 Å². The van der Waals surface area contributed by atoms with Crippen LogP contribution in [-0.2, 0) is 4.74 Å². The first-order valence-electron chi connectivity index (χ1n) is 5.78. The molecule has 1 aromatic rings. The van der Waals surface area contributed by atoms with Crippen molar-refractivity contribution < 1.29 is 9.53 Å². The van der Waals surface area contributed by atoms with E-state index in [0.29, 0.717) is 11.7 Å². The van der Waals surface area contributed by atoms with E-state index >= 15 is 0 Å². The highest BCUT2D eigenvalue weighted by molar-refractivity contribution is 5.89. The number of esters is 1. The average Bonchev–Trinajstić information content (AvgIpc) is 2.81. The lowest BCUT2D eigenvalue weighted by molar-refractivity contribution is 0.0594. The molecule has 0 spiro atoms. The number of carbonyl (C=O) groups is 1. The maximum absolute atomic E-state index is 11.5. The Morgan fingerprint density at radius 1 is 1.53 bits per heavy atom. The van der Waals surface area contributed by atoms with E-state index in [9.17, 15) is 4.79 Å². The van der Waals surface area contributed by atoms with Gasteiger partial charge in [-0.2, -0.15) is 0 Å². The van der Waals surface area contributed by atoms with Crippen LogP contribution in [0.2, 0.25) is 0 Å². The topological polar surface area (TPSA) is 45.7 Å². The predicted molar refractivity (Wildman–Crippen MR) is 64.6 cm³/mol. The highest BCUT2D eigenvalue weighted by atomic mass is 16.5. The van der Waals surface area contributed by atoms with Crippen molar-refractivity contribution in [3.8, 4) is 0 Å². The van der Waals surface area contributed by atoms with Crippen LogP contribution in [0, 0.1) is 0 Å². The van der Waals surface area contributed by atoms with Gasteiger partial charge in [-0.3, -0.25) is 0 Å². The molecule has 2 aliphatic rings. The Labute approximate surface area is 100.0 Å². The van der Waals surface area contributed by atoms with Crippen LogP contribution in [0.4, 0.5) is 11.5 Å². The first-order chi connectivity index (χ1) is 8.20. The molecule has 2 aliphatic heterocycles. The van der Waals surface area contributed by atoms with Crippen molar-refractivity contribution in [1.29, 1.82) is 0 Å². The Balaban J connectivity index is 2.06. The summed E-state index contributed by atoms with van der Waals surface area (Å²) in [5.41, 5.74) is 1.49. The molecule has 0 aliphatic carbocycles. The van der Waals surface area contributed by atoms with Crippen molar-refractivity contribution in [2.45, 2.75) is 12.5 Å². The van der Waals surface area contributed by atoms with E-state index in [4.69, 9.17) is 4.74 Å². The number of pyridine rings is 1. The first-order valence-corrected chi connectivity index (χ1v) is 5.78. The number of carbonyl (C=O) groups excluding carboxylic acids is 1. The lowest BCUT2D eigenvalue weighted by Gasteiger charge is -2.34. The third-order valence-electron chi connectivity index (χ3n) is 3.63. The summed E-state index contributed by atoms with van der Waals surface area (Å²) in [6.45, 7) is 2.13. The molecule has 1 aromatic heterocycles. The molecule has 3 heterocycles. The van der Waals surface area contributed by atoms with Crippen LogP contribution in [0.15, 0.2) is 12.1 Å². The molecule has 1 fully saturated rings. The quantitative estimate of drug-likeness (QED) is 0.674. The number of nitrogens with zero attached hydrogens (tertiary/aromatic N) is 3. The third-order valence-corrected chi connectivity index (χ3v) is 3.63. The molecule has 0 aromatic carbocycles. The summed E-state index contributed by atoms with van der Waals surface area (Å²) >= 11 is 0. The number of rotatable bonds is 1. The molecular weight excluding hydrogens is 218 g/mol. The second kappa shape index (κ2) is 3.61. The SMILES string of the molecule is COC(=O)c1ccc2c(n1)N(C)C1CCN2C1. The van der Waals surface area contributed by atoms with Crippen LogP contribution in [-0.4, -0.2) is 44.2 Å². The monoisotopic (exact) mass is 233 g/mol. The van der Waals surface area contributed by atoms with Crippen LogP contribution < -0.4 is 9.80 Å². The molecule has 2 bridgehead atoms. The van der Waals surface area contributed by atoms with Gasteiger partial charge >= 0.3 is 5.97 Å². The predicted octanol–water partition coefficient (Wildman–Crippen LogP) is 0.897. The smallest absolute Gasteiger partial charge is 0.356 e. The van der Waals surface area contributed by atoms with Crippen LogP contribution in [0.5, 0.6) is 0 Å². The van der Waals surface area contributed by atoms with Crippen molar-refractivity contribution in [3.05, 3.63) is 17.8 Å². The van der Waals surface area contributed by atoms with Crippen molar-refractivity contribution >= 4 is 17.5 Å². The summed E-state index contributed by atoms with van der Waals surface area (Å²) in [7, 11) is 3.42. The van der Waals surface area contributed by atoms with Crippen molar-refractivity contribution in [1.82, 2.24) is 4.98 Å². The number of likely N-dealkylation sites (N-methyl/N-ethyl adjacent to an activating group) is 1. The van der Waals surface area contributed by atoms with E-state index in [-0.39, 0.29) is 5.97 Å². The molecule has 0 saturated carbocycles. The van der Waals surface area contributed by atoms with Crippen molar-refractivity contribution in [3.63, 3.8) is 0 Å². The zero-order valence-electron chi connectivity index (χ0n) is 10.0. The van der Waals surface area contributed by atoms with Gasteiger partial charge in [-0.25, -0.2) is 9.78 Å². The zero-order chi connectivity index (χ0) is 12.0. The lowest BCUT2D eigenvalue weighted by Crippen LogP contribution is -2.40. The summed E-state index contributed by atoms with van der Waals surface area (Å²) in [4.78, 5) is 20.4. The minimum Gasteiger partial charge on any atom is -0.464 e. The van der Waals surface area contributed by atoms with Gasteiger partial charge in [-0.05, 0) is 18.6 Å². The highest BCUT2D eigenvalue weighted by Crippen LogP contribution is 2.37. The summed E-state index contributed by atoms with van der Waals surface area (Å²) in [6, 6.07) is 4.21. The maximum Gasteiger partial charge on any atom is 0.356 e. The van der Waals surface area contributed by atoms with E-state index in [1.54, 1.807) is 6.07 Å². The normalized spacial score (nSPS) is 21.4. The number of ether oxygens (including phenoxy) is 1. The number of anilines is 2. The average molecular weight is 233 g/mol. The molecule has 5 nitrogen and oxygen atoms in total. The number of hydrogen-bond acceptors (Lipinski definition) is 5. The van der Waals surface area contributed by atoms with E-state index in [1.807, 2.05) is 13.1 Å². The van der Waals surface area contributed by atoms with Crippen molar-refractivity contribution in [2.75, 3.05) is 37.0 Å². The molecular formula is C12H15N3O2. The van der Waals surface area contributed by atoms with E-state index < -0.39 is 0 Å². The van der Waals surface area contributed by atoms with Gasteiger partial charge in [0.2, 0.25) is 0 Å². The summed E-state index contributed by atoms with van der Waals surface area (Å²) < 4.78 is 4.70. The van der Waals surface area contributed by atoms with Gasteiger partial charge in [-0.1, -0.05) is 0 Å². The standard InChI is InChI=1S/C12H15N3O2/c1-14-8-5-6-15(7-8)10-4-3-9(12(16)17-2)13-11(10)14/h3-4,8H,5-7H2,1-2H3. The molecule has 17 heavy (non-hydrogen) atoms. The van der Waals surface area contributed by atoms with E-state index in [0.717, 1.165) is 31.0 Å². The molecule has 0 N–H and O–H groups in total. The van der Waals surface area contributed by atoms with Gasteiger partial charge in [0.15, 0.2) is 11.5 Å². The molecule has 90 valence electrons. The number of methoxy groups -OCH3 is 1. The summed E-state index contributed by atoms with van der Waals surface area (Å²) in [5.74, 6) is 0.510.